The second-order valence-corrected chi connectivity index (χ2v) is 3.09. The number of fused-ring (bicyclic) bond motifs is 1. The molecule has 0 bridgehead atoms. The van der Waals surface area contributed by atoms with Crippen LogP contribution in [0.5, 0.6) is 0 Å². The second kappa shape index (κ2) is 5.68. The first-order valence-corrected chi connectivity index (χ1v) is 5.24. The Bertz CT molecular complexity index is 371. The molecule has 2 N–H and O–H groups in total. The molecule has 0 amide bonds. The van der Waals surface area contributed by atoms with Crippen molar-refractivity contribution in [1.82, 2.24) is 4.98 Å². The molecule has 84 valence electrons. The summed E-state index contributed by atoms with van der Waals surface area (Å²) in [4.78, 5) is 14.0. The summed E-state index contributed by atoms with van der Waals surface area (Å²) in [6.45, 7) is 4.96. The number of aliphatic hydroxyl groups is 1. The Hall–Kier alpha value is -1.13. The van der Waals surface area contributed by atoms with Gasteiger partial charge in [0.05, 0.1) is 19.8 Å². The molecule has 15 heavy (non-hydrogen) atoms. The van der Waals surface area contributed by atoms with Crippen molar-refractivity contribution in [3.8, 4) is 0 Å². The highest BCUT2D eigenvalue weighted by atomic mass is 16.5. The number of nitrogens with one attached hydrogen (secondary N) is 1. The predicted octanol–water partition coefficient (Wildman–Crippen LogP) is 0.966. The van der Waals surface area contributed by atoms with Gasteiger partial charge in [0.2, 0.25) is 0 Å². The number of hydrogen-bond donors (Lipinski definition) is 2. The van der Waals surface area contributed by atoms with Crippen molar-refractivity contribution in [2.24, 2.45) is 0 Å². The number of ether oxygens (including phenoxy) is 1. The number of aliphatic hydroxyl groups excluding tert-OH is 1. The Morgan fingerprint density at radius 1 is 1.53 bits per heavy atom. The summed E-state index contributed by atoms with van der Waals surface area (Å²) < 4.78 is 5.23. The van der Waals surface area contributed by atoms with Crippen molar-refractivity contribution >= 4 is 0 Å². The quantitative estimate of drug-likeness (QED) is 0.727. The molecule has 0 atom stereocenters. The van der Waals surface area contributed by atoms with E-state index in [2.05, 4.69) is 4.98 Å². The van der Waals surface area contributed by atoms with E-state index < -0.39 is 0 Å². The lowest BCUT2D eigenvalue weighted by atomic mass is 10.1. The molecule has 1 aromatic rings. The Morgan fingerprint density at radius 2 is 2.27 bits per heavy atom. The Kier molecular flexibility index (Phi) is 4.52. The molecule has 2 rings (SSSR count). The molecule has 0 radical (unpaired) electrons. The first-order valence-electron chi connectivity index (χ1n) is 5.24. The van der Waals surface area contributed by atoms with Crippen LogP contribution in [0.1, 0.15) is 30.7 Å². The molecule has 4 nitrogen and oxygen atoms in total. The molecule has 4 heteroatoms. The summed E-state index contributed by atoms with van der Waals surface area (Å²) in [5.74, 6) is 0. The highest BCUT2D eigenvalue weighted by Gasteiger charge is 2.12. The summed E-state index contributed by atoms with van der Waals surface area (Å²) in [5.41, 5.74) is 2.13. The number of pyridine rings is 1. The standard InChI is InChI=1S/C9H11NO3.C2H6/c11-4-6-3-7-5-13-2-1-8(7)10-9(6)12;1-2/h3,11H,1-2,4-5H2,(H,10,12);1-2H3. The lowest BCUT2D eigenvalue weighted by molar-refractivity contribution is 0.109. The van der Waals surface area contributed by atoms with E-state index in [-0.39, 0.29) is 12.2 Å². The summed E-state index contributed by atoms with van der Waals surface area (Å²) in [7, 11) is 0. The van der Waals surface area contributed by atoms with E-state index >= 15 is 0 Å². The first kappa shape index (κ1) is 11.9. The monoisotopic (exact) mass is 211 g/mol. The Labute approximate surface area is 88.9 Å². The molecule has 1 aromatic heterocycles. The van der Waals surface area contributed by atoms with Crippen molar-refractivity contribution in [2.75, 3.05) is 6.61 Å². The zero-order chi connectivity index (χ0) is 11.3. The van der Waals surface area contributed by atoms with E-state index in [1.54, 1.807) is 6.07 Å². The number of hydrogen-bond acceptors (Lipinski definition) is 3. The van der Waals surface area contributed by atoms with Crippen molar-refractivity contribution in [1.29, 1.82) is 0 Å². The van der Waals surface area contributed by atoms with E-state index in [0.717, 1.165) is 17.7 Å². The Balaban J connectivity index is 0.000000531. The molecule has 0 saturated carbocycles. The van der Waals surface area contributed by atoms with Gasteiger partial charge in [0.15, 0.2) is 0 Å². The minimum absolute atomic E-state index is 0.192. The molecular weight excluding hydrogens is 194 g/mol. The van der Waals surface area contributed by atoms with Crippen LogP contribution in [-0.4, -0.2) is 16.7 Å². The second-order valence-electron chi connectivity index (χ2n) is 3.09. The summed E-state index contributed by atoms with van der Waals surface area (Å²) in [6.07, 6.45) is 0.746. The zero-order valence-electron chi connectivity index (χ0n) is 9.17. The maximum atomic E-state index is 11.3. The molecule has 0 spiro atoms. The molecule has 1 aliphatic rings. The van der Waals surface area contributed by atoms with Crippen molar-refractivity contribution < 1.29 is 9.84 Å². The third kappa shape index (κ3) is 2.67. The SMILES string of the molecule is CC.O=c1[nH]c2c(cc1CO)COCC2. The summed E-state index contributed by atoms with van der Waals surface area (Å²) in [5, 5.41) is 8.86. The van der Waals surface area contributed by atoms with Gasteiger partial charge >= 0.3 is 0 Å². The van der Waals surface area contributed by atoms with Crippen LogP contribution in [0.2, 0.25) is 0 Å². The topological polar surface area (TPSA) is 62.3 Å². The average molecular weight is 211 g/mol. The highest BCUT2D eigenvalue weighted by Crippen LogP contribution is 2.13. The minimum atomic E-state index is -0.220. The van der Waals surface area contributed by atoms with Gasteiger partial charge in [-0.25, -0.2) is 0 Å². The van der Waals surface area contributed by atoms with Gasteiger partial charge in [-0.05, 0) is 11.6 Å². The average Bonchev–Trinajstić information content (AvgIpc) is 2.31. The third-order valence-electron chi connectivity index (χ3n) is 2.22. The summed E-state index contributed by atoms with van der Waals surface area (Å²) in [6, 6.07) is 1.72. The van der Waals surface area contributed by atoms with Gasteiger partial charge in [-0.15, -0.1) is 0 Å². The number of rotatable bonds is 1. The van der Waals surface area contributed by atoms with Crippen LogP contribution in [0.4, 0.5) is 0 Å². The van der Waals surface area contributed by atoms with Crippen LogP contribution in [0.25, 0.3) is 0 Å². The van der Waals surface area contributed by atoms with Gasteiger partial charge in [-0.3, -0.25) is 4.79 Å². The fourth-order valence-corrected chi connectivity index (χ4v) is 1.49. The maximum Gasteiger partial charge on any atom is 0.253 e. The van der Waals surface area contributed by atoms with Crippen LogP contribution >= 0.6 is 0 Å². The lowest BCUT2D eigenvalue weighted by Crippen LogP contribution is -2.21. The lowest BCUT2D eigenvalue weighted by Gasteiger charge is -2.16. The molecule has 2 heterocycles. The van der Waals surface area contributed by atoms with Crippen molar-refractivity contribution in [2.45, 2.75) is 33.5 Å². The molecule has 0 aliphatic carbocycles. The number of aromatic nitrogens is 1. The number of aromatic amines is 1. The van der Waals surface area contributed by atoms with E-state index in [0.29, 0.717) is 18.8 Å². The third-order valence-corrected chi connectivity index (χ3v) is 2.22. The van der Waals surface area contributed by atoms with Gasteiger partial charge in [-0.2, -0.15) is 0 Å². The largest absolute Gasteiger partial charge is 0.391 e. The van der Waals surface area contributed by atoms with Crippen LogP contribution in [0.3, 0.4) is 0 Å². The van der Waals surface area contributed by atoms with Crippen LogP contribution < -0.4 is 5.56 Å². The van der Waals surface area contributed by atoms with Gasteiger partial charge in [0.1, 0.15) is 0 Å². The molecule has 0 unspecified atom stereocenters. The molecule has 0 fully saturated rings. The molecule has 0 aromatic carbocycles. The fraction of sp³-hybridized carbons (Fsp3) is 0.545. The van der Waals surface area contributed by atoms with Gasteiger partial charge in [0, 0.05) is 17.7 Å². The van der Waals surface area contributed by atoms with Gasteiger partial charge < -0.3 is 14.8 Å². The zero-order valence-corrected chi connectivity index (χ0v) is 9.17. The molecular formula is C11H17NO3. The van der Waals surface area contributed by atoms with E-state index in [1.165, 1.54) is 0 Å². The fourth-order valence-electron chi connectivity index (χ4n) is 1.49. The van der Waals surface area contributed by atoms with Crippen LogP contribution in [0.15, 0.2) is 10.9 Å². The molecule has 1 aliphatic heterocycles. The van der Waals surface area contributed by atoms with Crippen LogP contribution in [0, 0.1) is 0 Å². The van der Waals surface area contributed by atoms with Gasteiger partial charge in [-0.1, -0.05) is 13.8 Å². The normalized spacial score (nSPS) is 13.8. The minimum Gasteiger partial charge on any atom is -0.391 e. The number of H-pyrrole nitrogens is 1. The Morgan fingerprint density at radius 3 is 2.93 bits per heavy atom. The van der Waals surface area contributed by atoms with Crippen LogP contribution in [-0.2, 0) is 24.4 Å². The smallest absolute Gasteiger partial charge is 0.253 e. The molecule has 0 saturated heterocycles. The van der Waals surface area contributed by atoms with E-state index in [9.17, 15) is 4.79 Å². The highest BCUT2D eigenvalue weighted by molar-refractivity contribution is 5.25. The van der Waals surface area contributed by atoms with Gasteiger partial charge in [0.25, 0.3) is 5.56 Å². The summed E-state index contributed by atoms with van der Waals surface area (Å²) >= 11 is 0. The van der Waals surface area contributed by atoms with Crippen molar-refractivity contribution in [3.05, 3.63) is 33.2 Å². The van der Waals surface area contributed by atoms with Crippen molar-refractivity contribution in [3.63, 3.8) is 0 Å². The van der Waals surface area contributed by atoms with E-state index in [4.69, 9.17) is 9.84 Å². The first-order chi connectivity index (χ1) is 7.31. The van der Waals surface area contributed by atoms with E-state index in [1.807, 2.05) is 13.8 Å². The maximum absolute atomic E-state index is 11.3. The predicted molar refractivity (Wildman–Crippen MR) is 57.7 cm³/mol.